The van der Waals surface area contributed by atoms with Crippen LogP contribution in [0.3, 0.4) is 0 Å². The number of halogens is 1. The Hall–Kier alpha value is -3.15. The number of amides is 1. The number of aromatic nitrogens is 1. The normalized spacial score (nSPS) is 10.8. The number of aromatic amines is 1. The minimum absolute atomic E-state index is 0.0693. The van der Waals surface area contributed by atoms with Crippen LogP contribution < -0.4 is 5.32 Å². The lowest BCUT2D eigenvalue weighted by Gasteiger charge is -2.07. The third-order valence-corrected chi connectivity index (χ3v) is 4.66. The maximum atomic E-state index is 13.3. The van der Waals surface area contributed by atoms with Gasteiger partial charge in [-0.2, -0.15) is 0 Å². The first-order valence-electron chi connectivity index (χ1n) is 9.27. The first kappa shape index (κ1) is 19.6. The molecule has 0 saturated carbocycles. The van der Waals surface area contributed by atoms with E-state index in [0.717, 1.165) is 27.7 Å². The largest absolute Gasteiger partial charge is 0.469 e. The van der Waals surface area contributed by atoms with Gasteiger partial charge < -0.3 is 15.0 Å². The van der Waals surface area contributed by atoms with Crippen molar-refractivity contribution in [3.8, 4) is 11.3 Å². The molecule has 2 N–H and O–H groups in total. The van der Waals surface area contributed by atoms with E-state index in [0.29, 0.717) is 25.8 Å². The highest BCUT2D eigenvalue weighted by molar-refractivity contribution is 5.91. The van der Waals surface area contributed by atoms with Gasteiger partial charge in [0.15, 0.2) is 0 Å². The quantitative estimate of drug-likeness (QED) is 0.457. The van der Waals surface area contributed by atoms with Gasteiger partial charge in [0, 0.05) is 36.0 Å². The van der Waals surface area contributed by atoms with E-state index in [1.807, 2.05) is 24.3 Å². The fourth-order valence-corrected chi connectivity index (χ4v) is 3.21. The number of carbonyl (C=O) groups excluding carboxylic acids is 2. The maximum absolute atomic E-state index is 13.3. The fourth-order valence-electron chi connectivity index (χ4n) is 3.21. The average Bonchev–Trinajstić information content (AvgIpc) is 3.08. The number of fused-ring (bicyclic) bond motifs is 1. The Bertz CT molecular complexity index is 964. The second-order valence-corrected chi connectivity index (χ2v) is 6.56. The molecule has 0 spiro atoms. The highest BCUT2D eigenvalue weighted by atomic mass is 19.1. The van der Waals surface area contributed by atoms with Crippen LogP contribution in [-0.4, -0.2) is 30.5 Å². The van der Waals surface area contributed by atoms with E-state index in [1.165, 1.54) is 19.2 Å². The van der Waals surface area contributed by atoms with E-state index >= 15 is 0 Å². The molecule has 1 aromatic heterocycles. The second kappa shape index (κ2) is 9.17. The fraction of sp³-hybridized carbons (Fsp3) is 0.273. The number of H-pyrrole nitrogens is 1. The van der Waals surface area contributed by atoms with Crippen molar-refractivity contribution in [1.29, 1.82) is 0 Å². The molecule has 3 aromatic rings. The molecule has 0 aliphatic rings. The van der Waals surface area contributed by atoms with Crippen molar-refractivity contribution in [1.82, 2.24) is 10.3 Å². The topological polar surface area (TPSA) is 71.2 Å². The van der Waals surface area contributed by atoms with Crippen molar-refractivity contribution in [2.45, 2.75) is 25.7 Å². The average molecular weight is 382 g/mol. The van der Waals surface area contributed by atoms with Gasteiger partial charge in [0.2, 0.25) is 5.91 Å². The number of methoxy groups -OCH3 is 1. The van der Waals surface area contributed by atoms with E-state index in [-0.39, 0.29) is 24.1 Å². The van der Waals surface area contributed by atoms with Crippen LogP contribution in [0.25, 0.3) is 22.2 Å². The van der Waals surface area contributed by atoms with Crippen LogP contribution in [0.15, 0.2) is 48.5 Å². The highest BCUT2D eigenvalue weighted by Gasteiger charge is 2.14. The summed E-state index contributed by atoms with van der Waals surface area (Å²) in [5, 5.41) is 3.89. The lowest BCUT2D eigenvalue weighted by molar-refractivity contribution is -0.140. The van der Waals surface area contributed by atoms with E-state index in [1.54, 1.807) is 12.1 Å². The molecule has 0 atom stereocenters. The molecule has 0 radical (unpaired) electrons. The number of para-hydroxylation sites is 1. The Morgan fingerprint density at radius 2 is 1.82 bits per heavy atom. The summed E-state index contributed by atoms with van der Waals surface area (Å²) in [6.45, 7) is 0.437. The molecule has 146 valence electrons. The van der Waals surface area contributed by atoms with Gasteiger partial charge in [-0.3, -0.25) is 9.59 Å². The third kappa shape index (κ3) is 4.76. The number of benzene rings is 2. The van der Waals surface area contributed by atoms with E-state index in [4.69, 9.17) is 0 Å². The Labute approximate surface area is 162 Å². The molecule has 2 aromatic carbocycles. The Kier molecular flexibility index (Phi) is 6.42. The van der Waals surface area contributed by atoms with Crippen molar-refractivity contribution in [3.63, 3.8) is 0 Å². The molecule has 3 rings (SSSR count). The summed E-state index contributed by atoms with van der Waals surface area (Å²) >= 11 is 0. The minimum atomic E-state index is -0.284. The molecule has 0 aliphatic carbocycles. The summed E-state index contributed by atoms with van der Waals surface area (Å²) in [5.41, 5.74) is 3.80. The predicted octanol–water partition coefficient (Wildman–Crippen LogP) is 3.98. The minimum Gasteiger partial charge on any atom is -0.469 e. The van der Waals surface area contributed by atoms with Crippen molar-refractivity contribution in [2.24, 2.45) is 0 Å². The predicted molar refractivity (Wildman–Crippen MR) is 106 cm³/mol. The van der Waals surface area contributed by atoms with Crippen molar-refractivity contribution < 1.29 is 18.7 Å². The Balaban J connectivity index is 1.70. The van der Waals surface area contributed by atoms with Crippen LogP contribution in [0.4, 0.5) is 4.39 Å². The third-order valence-electron chi connectivity index (χ3n) is 4.66. The second-order valence-electron chi connectivity index (χ2n) is 6.56. The number of aryl methyl sites for hydroxylation is 1. The van der Waals surface area contributed by atoms with Gasteiger partial charge in [-0.05, 0) is 54.3 Å². The van der Waals surface area contributed by atoms with Gasteiger partial charge >= 0.3 is 5.97 Å². The molecule has 6 heteroatoms. The molecule has 28 heavy (non-hydrogen) atoms. The summed E-state index contributed by atoms with van der Waals surface area (Å²) in [4.78, 5) is 26.7. The van der Waals surface area contributed by atoms with E-state index in [9.17, 15) is 14.0 Å². The molecule has 0 fully saturated rings. The van der Waals surface area contributed by atoms with E-state index < -0.39 is 0 Å². The lowest BCUT2D eigenvalue weighted by Crippen LogP contribution is -2.25. The highest BCUT2D eigenvalue weighted by Crippen LogP contribution is 2.31. The molecule has 0 bridgehead atoms. The zero-order valence-electron chi connectivity index (χ0n) is 15.8. The van der Waals surface area contributed by atoms with Crippen LogP contribution in [-0.2, 0) is 20.7 Å². The lowest BCUT2D eigenvalue weighted by atomic mass is 10.0. The number of nitrogens with one attached hydrogen (secondary N) is 2. The number of rotatable bonds is 8. The first-order valence-corrected chi connectivity index (χ1v) is 9.27. The van der Waals surface area contributed by atoms with Gasteiger partial charge in [0.25, 0.3) is 0 Å². The summed E-state index contributed by atoms with van der Waals surface area (Å²) in [5.74, 6) is -0.634. The number of esters is 1. The number of carbonyl (C=O) groups is 2. The number of hydrogen-bond donors (Lipinski definition) is 2. The van der Waals surface area contributed by atoms with Gasteiger partial charge in [-0.25, -0.2) is 4.39 Å². The van der Waals surface area contributed by atoms with Crippen molar-refractivity contribution in [3.05, 3.63) is 59.9 Å². The zero-order chi connectivity index (χ0) is 19.9. The SMILES string of the molecule is COC(=O)CCCNC(=O)CCc1c(-c2ccc(F)cc2)[nH]c2ccccc12. The van der Waals surface area contributed by atoms with Crippen LogP contribution in [0.1, 0.15) is 24.8 Å². The molecule has 5 nitrogen and oxygen atoms in total. The molecule has 0 saturated heterocycles. The molecule has 0 aliphatic heterocycles. The van der Waals surface area contributed by atoms with Crippen LogP contribution in [0, 0.1) is 5.82 Å². The van der Waals surface area contributed by atoms with Gasteiger partial charge in [-0.1, -0.05) is 18.2 Å². The van der Waals surface area contributed by atoms with Crippen LogP contribution >= 0.6 is 0 Å². The smallest absolute Gasteiger partial charge is 0.305 e. The molecular weight excluding hydrogens is 359 g/mol. The Morgan fingerprint density at radius 3 is 2.57 bits per heavy atom. The first-order chi connectivity index (χ1) is 13.6. The van der Waals surface area contributed by atoms with Crippen LogP contribution in [0.5, 0.6) is 0 Å². The summed E-state index contributed by atoms with van der Waals surface area (Å²) in [6.07, 6.45) is 1.72. The van der Waals surface area contributed by atoms with Crippen LogP contribution in [0.2, 0.25) is 0 Å². The molecule has 0 unspecified atom stereocenters. The van der Waals surface area contributed by atoms with E-state index in [2.05, 4.69) is 15.0 Å². The standard InChI is InChI=1S/C22H23FN2O3/c1-28-21(27)7-4-14-24-20(26)13-12-18-17-5-2-3-6-19(17)25-22(18)15-8-10-16(23)11-9-15/h2-3,5-6,8-11,25H,4,7,12-14H2,1H3,(H,24,26). The molecule has 1 amide bonds. The Morgan fingerprint density at radius 1 is 1.07 bits per heavy atom. The molecular formula is C22H23FN2O3. The summed E-state index contributed by atoms with van der Waals surface area (Å²) in [7, 11) is 1.35. The molecule has 1 heterocycles. The number of hydrogen-bond acceptors (Lipinski definition) is 3. The zero-order valence-corrected chi connectivity index (χ0v) is 15.8. The van der Waals surface area contributed by atoms with Gasteiger partial charge in [-0.15, -0.1) is 0 Å². The summed E-state index contributed by atoms with van der Waals surface area (Å²) in [6, 6.07) is 14.2. The monoisotopic (exact) mass is 382 g/mol. The summed E-state index contributed by atoms with van der Waals surface area (Å²) < 4.78 is 17.9. The van der Waals surface area contributed by atoms with Crippen molar-refractivity contribution >= 4 is 22.8 Å². The van der Waals surface area contributed by atoms with Gasteiger partial charge in [0.05, 0.1) is 7.11 Å². The number of ether oxygens (including phenoxy) is 1. The van der Waals surface area contributed by atoms with Gasteiger partial charge in [0.1, 0.15) is 5.82 Å². The maximum Gasteiger partial charge on any atom is 0.305 e. The van der Waals surface area contributed by atoms with Crippen molar-refractivity contribution in [2.75, 3.05) is 13.7 Å².